The van der Waals surface area contributed by atoms with Gasteiger partial charge in [0.15, 0.2) is 0 Å². The third-order valence-corrected chi connectivity index (χ3v) is 28.2. The summed E-state index contributed by atoms with van der Waals surface area (Å²) in [5.41, 5.74) is 16.4. The van der Waals surface area contributed by atoms with E-state index in [2.05, 4.69) is 213 Å². The second-order valence-electron chi connectivity index (χ2n) is 17.1. The van der Waals surface area contributed by atoms with E-state index in [9.17, 15) is 0 Å². The van der Waals surface area contributed by atoms with Crippen LogP contribution in [0.2, 0.25) is 0 Å². The second-order valence-corrected chi connectivity index (χ2v) is 30.2. The Morgan fingerprint density at radius 3 is 1.25 bits per heavy atom. The summed E-state index contributed by atoms with van der Waals surface area (Å²) in [6, 6.07) is 55.1. The monoisotopic (exact) mass is 924 g/mol. The minimum absolute atomic E-state index is 0. The fourth-order valence-electron chi connectivity index (χ4n) is 8.41. The maximum atomic E-state index is 2.81. The summed E-state index contributed by atoms with van der Waals surface area (Å²) < 4.78 is 7.56. The maximum Gasteiger partial charge on any atom is -1.00 e. The summed E-state index contributed by atoms with van der Waals surface area (Å²) in [5, 5.41) is 0. The molecule has 0 amide bonds. The van der Waals surface area contributed by atoms with Crippen molar-refractivity contribution in [3.63, 3.8) is 0 Å². The Bertz CT molecular complexity index is 2320. The topological polar surface area (TPSA) is 0 Å². The van der Waals surface area contributed by atoms with E-state index in [0.717, 1.165) is 6.42 Å². The van der Waals surface area contributed by atoms with Gasteiger partial charge < -0.3 is 24.8 Å². The van der Waals surface area contributed by atoms with E-state index >= 15 is 0 Å². The van der Waals surface area contributed by atoms with E-state index in [0.29, 0.717) is 3.67 Å². The minimum atomic E-state index is -4.08. The molecule has 0 saturated heterocycles. The molecule has 0 aliphatic heterocycles. The predicted octanol–water partition coefficient (Wildman–Crippen LogP) is 7.39. The van der Waals surface area contributed by atoms with Crippen molar-refractivity contribution < 1.29 is 43.8 Å². The summed E-state index contributed by atoms with van der Waals surface area (Å²) in [5.74, 6) is 0. The first-order valence-electron chi connectivity index (χ1n) is 19.2. The molecule has 6 aromatic rings. The fraction of sp³-hybridized carbons (Fsp3) is 0.192. The zero-order chi connectivity index (χ0) is 36.8. The molecule has 0 unspecified atom stereocenters. The van der Waals surface area contributed by atoms with Crippen LogP contribution in [0, 0.1) is 0 Å². The van der Waals surface area contributed by atoms with Gasteiger partial charge in [0, 0.05) is 0 Å². The van der Waals surface area contributed by atoms with Crippen LogP contribution in [-0.4, -0.2) is 7.52 Å². The molecule has 0 saturated carbocycles. The molecule has 0 spiro atoms. The van der Waals surface area contributed by atoms with Crippen molar-refractivity contribution in [2.24, 2.45) is 0 Å². The first kappa shape index (κ1) is 40.6. The molecule has 2 aliphatic rings. The number of benzene rings is 6. The molecule has 55 heavy (non-hydrogen) atoms. The van der Waals surface area contributed by atoms with Gasteiger partial charge in [0.25, 0.3) is 0 Å². The van der Waals surface area contributed by atoms with Crippen molar-refractivity contribution in [3.05, 3.63) is 201 Å². The van der Waals surface area contributed by atoms with E-state index in [1.807, 2.05) is 0 Å². The predicted molar refractivity (Wildman–Crippen MR) is 227 cm³/mol. The smallest absolute Gasteiger partial charge is 1.00 e. The van der Waals surface area contributed by atoms with Crippen LogP contribution in [0.25, 0.3) is 33.4 Å². The van der Waals surface area contributed by atoms with E-state index < -0.39 is 19.0 Å². The van der Waals surface area contributed by atoms with Crippen LogP contribution >= 0.6 is 0 Å². The van der Waals surface area contributed by atoms with Crippen LogP contribution in [-0.2, 0) is 29.8 Å². The average molecular weight is 924 g/mol. The Morgan fingerprint density at radius 2 is 0.891 bits per heavy atom. The zero-order valence-corrected chi connectivity index (χ0v) is 37.9. The van der Waals surface area contributed by atoms with Crippen molar-refractivity contribution in [1.29, 1.82) is 0 Å². The second kappa shape index (κ2) is 16.2. The van der Waals surface area contributed by atoms with Gasteiger partial charge in [-0.1, -0.05) is 0 Å². The molecule has 0 fully saturated rings. The number of hydrogen-bond donors (Lipinski definition) is 0. The summed E-state index contributed by atoms with van der Waals surface area (Å²) >= 11 is -4.08. The SMILES string of the molecule is CC(C)(C)c1ccc2c(c1)[CH]([Hf+2](=[CH]c1ccc(-c3ccccc3)cc1)(=[CH]c1ccc(-c3ccccc3)cc1)[C]1=CC=CC1)c1cc(C(C)(C)C)ccc1-2.[Cl-].[Cl-]. The van der Waals surface area contributed by atoms with Crippen LogP contribution < -0.4 is 24.8 Å². The van der Waals surface area contributed by atoms with E-state index in [1.165, 1.54) is 66.8 Å². The van der Waals surface area contributed by atoms with E-state index in [-0.39, 0.29) is 35.6 Å². The summed E-state index contributed by atoms with van der Waals surface area (Å²) in [6.45, 7) is 14.1. The van der Waals surface area contributed by atoms with E-state index in [4.69, 9.17) is 0 Å². The van der Waals surface area contributed by atoms with Crippen LogP contribution in [0.4, 0.5) is 0 Å². The molecule has 0 N–H and O–H groups in total. The largest absolute Gasteiger partial charge is 1.00 e. The number of allylic oxidation sites excluding steroid dienone is 4. The normalized spacial score (nSPS) is 13.0. The molecular formula is C52H50Cl2Hf. The fourth-order valence-corrected chi connectivity index (χ4v) is 26.4. The summed E-state index contributed by atoms with van der Waals surface area (Å²) in [4.78, 5) is 0. The first-order valence-corrected chi connectivity index (χ1v) is 27.2. The van der Waals surface area contributed by atoms with Crippen LogP contribution in [0.1, 0.15) is 85.0 Å². The van der Waals surface area contributed by atoms with Gasteiger partial charge in [0.05, 0.1) is 0 Å². The van der Waals surface area contributed by atoms with Crippen molar-refractivity contribution in [1.82, 2.24) is 0 Å². The number of halogens is 2. The maximum absolute atomic E-state index is 4.08. The first-order chi connectivity index (χ1) is 25.5. The van der Waals surface area contributed by atoms with Crippen LogP contribution in [0.5, 0.6) is 0 Å². The third kappa shape index (κ3) is 8.13. The van der Waals surface area contributed by atoms with Gasteiger partial charge in [-0.25, -0.2) is 0 Å². The molecule has 0 aromatic heterocycles. The van der Waals surface area contributed by atoms with Gasteiger partial charge in [-0.15, -0.1) is 0 Å². The number of hydrogen-bond acceptors (Lipinski definition) is 0. The molecule has 0 bridgehead atoms. The molecule has 6 aromatic carbocycles. The Hall–Kier alpha value is -4.01. The average Bonchev–Trinajstić information content (AvgIpc) is 3.83. The number of rotatable bonds is 6. The molecule has 0 nitrogen and oxygen atoms in total. The standard InChI is InChI=1S/C21H25.2C13H10.C5H5.2ClH.Hf/c1-20(2,3)16-7-9-18-14(12-16)11-15-13-17(21(4,5)6)8-10-19(15)18;2*1-11-7-9-13(10-8-11)12-5-3-2-4-6-12;1-2-4-5-3-1;;;/h7-13H,1-6H3;2*1-10H;1-3H,4H2;2*1H;/q;;;;;;+2/p-2. The van der Waals surface area contributed by atoms with Crippen LogP contribution in [0.15, 0.2) is 167 Å². The van der Waals surface area contributed by atoms with E-state index in [1.54, 1.807) is 3.33 Å². The van der Waals surface area contributed by atoms with Crippen LogP contribution in [0.3, 0.4) is 0 Å². The summed E-state index contributed by atoms with van der Waals surface area (Å²) in [7, 11) is 0. The van der Waals surface area contributed by atoms with Gasteiger partial charge in [-0.2, -0.15) is 0 Å². The Labute approximate surface area is 345 Å². The van der Waals surface area contributed by atoms with Crippen molar-refractivity contribution in [3.8, 4) is 33.4 Å². The molecule has 3 heteroatoms. The number of fused-ring (bicyclic) bond motifs is 3. The molecular weight excluding hydrogens is 874 g/mol. The van der Waals surface area contributed by atoms with Gasteiger partial charge in [-0.05, 0) is 0 Å². The van der Waals surface area contributed by atoms with Gasteiger partial charge in [-0.3, -0.25) is 0 Å². The molecule has 276 valence electrons. The van der Waals surface area contributed by atoms with Gasteiger partial charge >= 0.3 is 323 Å². The third-order valence-electron chi connectivity index (χ3n) is 11.4. The Morgan fingerprint density at radius 1 is 0.491 bits per heavy atom. The van der Waals surface area contributed by atoms with Gasteiger partial charge in [0.1, 0.15) is 0 Å². The zero-order valence-electron chi connectivity index (χ0n) is 32.8. The summed E-state index contributed by atoms with van der Waals surface area (Å²) in [6.07, 6.45) is 8.20. The van der Waals surface area contributed by atoms with Crippen molar-refractivity contribution in [2.75, 3.05) is 0 Å². The van der Waals surface area contributed by atoms with Gasteiger partial charge in [0.2, 0.25) is 0 Å². The Balaban J connectivity index is 0.00000257. The molecule has 0 atom stereocenters. The molecule has 8 rings (SSSR count). The minimum Gasteiger partial charge on any atom is -1.00 e. The van der Waals surface area contributed by atoms with Crippen molar-refractivity contribution >= 4 is 7.52 Å². The van der Waals surface area contributed by atoms with Crippen molar-refractivity contribution in [2.45, 2.75) is 62.5 Å². The molecule has 0 heterocycles. The quantitative estimate of drug-likeness (QED) is 0.153. The Kier molecular flexibility index (Phi) is 12.0. The molecule has 2 aliphatic carbocycles. The molecule has 0 radical (unpaired) electrons.